The molecule has 2 aromatic heterocycles. The number of carbonyl (C=O) groups is 1. The van der Waals surface area contributed by atoms with Crippen molar-refractivity contribution in [1.82, 2.24) is 4.98 Å². The van der Waals surface area contributed by atoms with Crippen molar-refractivity contribution in [3.05, 3.63) is 85.7 Å². The quantitative estimate of drug-likeness (QED) is 0.381. The lowest BCUT2D eigenvalue weighted by atomic mass is 9.98. The van der Waals surface area contributed by atoms with Gasteiger partial charge in [0.15, 0.2) is 10.6 Å². The van der Waals surface area contributed by atoms with Gasteiger partial charge in [-0.05, 0) is 57.0 Å². The van der Waals surface area contributed by atoms with Crippen molar-refractivity contribution in [3.63, 3.8) is 0 Å². The zero-order valence-electron chi connectivity index (χ0n) is 19.0. The minimum Gasteiger partial charge on any atom is -0.494 e. The molecule has 0 saturated carbocycles. The molecule has 0 bridgehead atoms. The van der Waals surface area contributed by atoms with Gasteiger partial charge in [0, 0.05) is 4.88 Å². The molecule has 4 aromatic rings. The first-order valence-corrected chi connectivity index (χ1v) is 11.8. The van der Waals surface area contributed by atoms with Gasteiger partial charge < -0.3 is 9.15 Å². The normalized spacial score (nSPS) is 15.3. The Morgan fingerprint density at radius 2 is 1.85 bits per heavy atom. The molecule has 7 heteroatoms. The number of carbonyl (C=O) groups excluding carboxylic acids is 1. The molecule has 0 fully saturated rings. The number of rotatable bonds is 5. The van der Waals surface area contributed by atoms with Gasteiger partial charge in [0.2, 0.25) is 5.76 Å². The first-order valence-electron chi connectivity index (χ1n) is 11.0. The molecule has 168 valence electrons. The number of ether oxygens (including phenoxy) is 1. The van der Waals surface area contributed by atoms with Crippen LogP contribution in [0.1, 0.15) is 57.2 Å². The van der Waals surface area contributed by atoms with Gasteiger partial charge in [0.1, 0.15) is 11.3 Å². The smallest absolute Gasteiger partial charge is 0.297 e. The van der Waals surface area contributed by atoms with Crippen LogP contribution in [0, 0.1) is 20.8 Å². The number of aryl methyl sites for hydroxylation is 3. The summed E-state index contributed by atoms with van der Waals surface area (Å²) in [6.07, 6.45) is 0.913. The SMILES string of the molecule is CCCOc1ccc(C2c3c(oc4ccc(C)cc4c3=O)C(=O)N2c2nc(C)c(C)s2)cc1. The molecule has 0 spiro atoms. The zero-order valence-corrected chi connectivity index (χ0v) is 19.8. The standard InChI is InChI=1S/C26H24N2O4S/c1-5-12-31-18-9-7-17(8-10-18)22-21-23(29)19-13-14(2)6-11-20(19)32-24(21)25(30)28(22)26-27-15(3)16(4)33-26/h6-11,13,22H,5,12H2,1-4H3. The van der Waals surface area contributed by atoms with Crippen LogP contribution in [0.4, 0.5) is 5.13 Å². The van der Waals surface area contributed by atoms with Gasteiger partial charge in [-0.3, -0.25) is 14.5 Å². The van der Waals surface area contributed by atoms with E-state index in [1.807, 2.05) is 57.2 Å². The summed E-state index contributed by atoms with van der Waals surface area (Å²) >= 11 is 1.44. The molecule has 0 saturated heterocycles. The van der Waals surface area contributed by atoms with Crippen LogP contribution in [0.2, 0.25) is 0 Å². The van der Waals surface area contributed by atoms with E-state index in [1.54, 1.807) is 11.0 Å². The van der Waals surface area contributed by atoms with Crippen molar-refractivity contribution in [1.29, 1.82) is 0 Å². The van der Waals surface area contributed by atoms with Crippen molar-refractivity contribution in [2.75, 3.05) is 11.5 Å². The highest BCUT2D eigenvalue weighted by Crippen LogP contribution is 2.43. The monoisotopic (exact) mass is 460 g/mol. The van der Waals surface area contributed by atoms with Crippen molar-refractivity contribution in [2.45, 2.75) is 40.2 Å². The Hall–Kier alpha value is -3.45. The molecule has 6 nitrogen and oxygen atoms in total. The molecule has 1 atom stereocenters. The molecular weight excluding hydrogens is 436 g/mol. The number of thiazole rings is 1. The highest BCUT2D eigenvalue weighted by atomic mass is 32.1. The Labute approximate surface area is 195 Å². The molecule has 33 heavy (non-hydrogen) atoms. The summed E-state index contributed by atoms with van der Waals surface area (Å²) in [5.41, 5.74) is 3.19. The molecule has 0 aliphatic carbocycles. The summed E-state index contributed by atoms with van der Waals surface area (Å²) in [5.74, 6) is 0.478. The molecule has 1 aliphatic heterocycles. The number of aromatic nitrogens is 1. The Kier molecular flexibility index (Phi) is 5.29. The fourth-order valence-electron chi connectivity index (χ4n) is 4.12. The first kappa shape index (κ1) is 21.4. The number of anilines is 1. The van der Waals surface area contributed by atoms with Crippen molar-refractivity contribution < 1.29 is 13.9 Å². The van der Waals surface area contributed by atoms with Crippen LogP contribution in [0.3, 0.4) is 0 Å². The fourth-order valence-corrected chi connectivity index (χ4v) is 5.06. The predicted octanol–water partition coefficient (Wildman–Crippen LogP) is 5.71. The van der Waals surface area contributed by atoms with Crippen LogP contribution in [0.15, 0.2) is 51.7 Å². The number of hydrogen-bond acceptors (Lipinski definition) is 6. The molecular formula is C26H24N2O4S. The van der Waals surface area contributed by atoms with Crippen molar-refractivity contribution >= 4 is 33.3 Å². The number of amides is 1. The van der Waals surface area contributed by atoms with E-state index in [-0.39, 0.29) is 17.1 Å². The first-order chi connectivity index (χ1) is 15.9. The minimum absolute atomic E-state index is 0.0816. The summed E-state index contributed by atoms with van der Waals surface area (Å²) in [7, 11) is 0. The van der Waals surface area contributed by atoms with E-state index in [9.17, 15) is 9.59 Å². The molecule has 1 unspecified atom stereocenters. The van der Waals surface area contributed by atoms with E-state index in [1.165, 1.54) is 11.3 Å². The maximum Gasteiger partial charge on any atom is 0.297 e. The second kappa shape index (κ2) is 8.15. The average Bonchev–Trinajstić information content (AvgIpc) is 3.29. The van der Waals surface area contributed by atoms with E-state index in [0.29, 0.717) is 28.3 Å². The number of nitrogens with zero attached hydrogens (tertiary/aromatic N) is 2. The minimum atomic E-state index is -0.626. The van der Waals surface area contributed by atoms with Gasteiger partial charge in [0.05, 0.1) is 29.3 Å². The Morgan fingerprint density at radius 1 is 1.09 bits per heavy atom. The third-order valence-electron chi connectivity index (χ3n) is 5.92. The van der Waals surface area contributed by atoms with Gasteiger partial charge in [-0.15, -0.1) is 11.3 Å². The van der Waals surface area contributed by atoms with Gasteiger partial charge >= 0.3 is 0 Å². The highest BCUT2D eigenvalue weighted by Gasteiger charge is 2.45. The van der Waals surface area contributed by atoms with Gasteiger partial charge in [-0.1, -0.05) is 30.7 Å². The van der Waals surface area contributed by atoms with Gasteiger partial charge in [-0.25, -0.2) is 4.98 Å². The number of fused-ring (bicyclic) bond motifs is 2. The highest BCUT2D eigenvalue weighted by molar-refractivity contribution is 7.15. The number of benzene rings is 2. The second-order valence-corrected chi connectivity index (χ2v) is 9.49. The van der Waals surface area contributed by atoms with Crippen molar-refractivity contribution in [3.8, 4) is 5.75 Å². The molecule has 0 radical (unpaired) electrons. The van der Waals surface area contributed by atoms with Crippen LogP contribution >= 0.6 is 11.3 Å². The van der Waals surface area contributed by atoms with E-state index < -0.39 is 6.04 Å². The van der Waals surface area contributed by atoms with E-state index >= 15 is 0 Å². The molecule has 2 aromatic carbocycles. The maximum atomic E-state index is 13.7. The predicted molar refractivity (Wildman–Crippen MR) is 130 cm³/mol. The Balaban J connectivity index is 1.72. The van der Waals surface area contributed by atoms with Crippen LogP contribution in [-0.2, 0) is 0 Å². The number of hydrogen-bond donors (Lipinski definition) is 0. The molecule has 0 N–H and O–H groups in total. The van der Waals surface area contributed by atoms with Gasteiger partial charge in [0.25, 0.3) is 5.91 Å². The Morgan fingerprint density at radius 3 is 2.52 bits per heavy atom. The lowest BCUT2D eigenvalue weighted by molar-refractivity contribution is 0.0971. The second-order valence-electron chi connectivity index (χ2n) is 8.31. The summed E-state index contributed by atoms with van der Waals surface area (Å²) in [5, 5.41) is 1.03. The molecule has 1 amide bonds. The van der Waals surface area contributed by atoms with Crippen molar-refractivity contribution in [2.24, 2.45) is 0 Å². The Bertz CT molecular complexity index is 1420. The van der Waals surface area contributed by atoms with Crippen LogP contribution in [0.25, 0.3) is 11.0 Å². The summed E-state index contributed by atoms with van der Waals surface area (Å²) in [4.78, 5) is 34.5. The maximum absolute atomic E-state index is 13.7. The van der Waals surface area contributed by atoms with Crippen LogP contribution in [0.5, 0.6) is 5.75 Å². The lowest BCUT2D eigenvalue weighted by Gasteiger charge is -2.22. The third-order valence-corrected chi connectivity index (χ3v) is 6.99. The third kappa shape index (κ3) is 3.53. The summed E-state index contributed by atoms with van der Waals surface area (Å²) in [6, 6.07) is 12.3. The molecule has 3 heterocycles. The summed E-state index contributed by atoms with van der Waals surface area (Å²) < 4.78 is 11.7. The average molecular weight is 461 g/mol. The van der Waals surface area contributed by atoms with E-state index in [2.05, 4.69) is 11.9 Å². The van der Waals surface area contributed by atoms with E-state index in [4.69, 9.17) is 9.15 Å². The summed E-state index contributed by atoms with van der Waals surface area (Å²) in [6.45, 7) is 8.49. The van der Waals surface area contributed by atoms with Crippen LogP contribution < -0.4 is 15.1 Å². The fraction of sp³-hybridized carbons (Fsp3) is 0.269. The molecule has 5 rings (SSSR count). The van der Waals surface area contributed by atoms with Crippen LogP contribution in [-0.4, -0.2) is 17.5 Å². The zero-order chi connectivity index (χ0) is 23.3. The topological polar surface area (TPSA) is 72.6 Å². The molecule has 1 aliphatic rings. The lowest BCUT2D eigenvalue weighted by Crippen LogP contribution is -2.29. The largest absolute Gasteiger partial charge is 0.494 e. The van der Waals surface area contributed by atoms with E-state index in [0.717, 1.165) is 33.9 Å². The van der Waals surface area contributed by atoms with Gasteiger partial charge in [-0.2, -0.15) is 0 Å².